The van der Waals surface area contributed by atoms with E-state index in [-0.39, 0.29) is 13.0 Å². The molecule has 1 N–H and O–H groups in total. The standard InChI is InChI=1S/C10H18F2N2/c11-10(12)4-7-14(8-10)6-3-9-2-1-5-13-9/h9,13H,1-8H2. The smallest absolute Gasteiger partial charge is 0.261 e. The first-order chi connectivity index (χ1) is 6.66. The van der Waals surface area contributed by atoms with Gasteiger partial charge in [-0.15, -0.1) is 0 Å². The Morgan fingerprint density at radius 3 is 2.86 bits per heavy atom. The quantitative estimate of drug-likeness (QED) is 0.749. The molecule has 2 rings (SSSR count). The second-order valence-electron chi connectivity index (χ2n) is 4.46. The normalized spacial score (nSPS) is 32.6. The number of likely N-dealkylation sites (tertiary alicyclic amines) is 1. The molecule has 14 heavy (non-hydrogen) atoms. The van der Waals surface area contributed by atoms with Crippen LogP contribution in [0.3, 0.4) is 0 Å². The van der Waals surface area contributed by atoms with Gasteiger partial charge >= 0.3 is 0 Å². The molecule has 2 saturated heterocycles. The van der Waals surface area contributed by atoms with E-state index in [1.807, 2.05) is 4.90 Å². The van der Waals surface area contributed by atoms with Crippen LogP contribution in [-0.4, -0.2) is 43.0 Å². The summed E-state index contributed by atoms with van der Waals surface area (Å²) in [7, 11) is 0. The maximum Gasteiger partial charge on any atom is 0.261 e. The van der Waals surface area contributed by atoms with Crippen molar-refractivity contribution >= 4 is 0 Å². The number of rotatable bonds is 3. The summed E-state index contributed by atoms with van der Waals surface area (Å²) < 4.78 is 25.7. The fourth-order valence-electron chi connectivity index (χ4n) is 2.34. The third-order valence-electron chi connectivity index (χ3n) is 3.20. The zero-order valence-electron chi connectivity index (χ0n) is 8.44. The van der Waals surface area contributed by atoms with Crippen LogP contribution in [0.4, 0.5) is 8.78 Å². The van der Waals surface area contributed by atoms with Crippen molar-refractivity contribution in [3.63, 3.8) is 0 Å². The molecular formula is C10H18F2N2. The predicted molar refractivity (Wildman–Crippen MR) is 51.6 cm³/mol. The Hall–Kier alpha value is -0.220. The van der Waals surface area contributed by atoms with Crippen LogP contribution < -0.4 is 5.32 Å². The molecule has 2 aliphatic heterocycles. The van der Waals surface area contributed by atoms with Gasteiger partial charge in [-0.05, 0) is 32.4 Å². The van der Waals surface area contributed by atoms with E-state index in [4.69, 9.17) is 0 Å². The largest absolute Gasteiger partial charge is 0.314 e. The molecule has 0 saturated carbocycles. The lowest BCUT2D eigenvalue weighted by Gasteiger charge is -2.18. The van der Waals surface area contributed by atoms with Crippen LogP contribution in [0.2, 0.25) is 0 Å². The number of alkyl halides is 2. The minimum absolute atomic E-state index is 0.0281. The summed E-state index contributed by atoms with van der Waals surface area (Å²) in [6.45, 7) is 2.47. The van der Waals surface area contributed by atoms with Crippen molar-refractivity contribution in [3.05, 3.63) is 0 Å². The highest BCUT2D eigenvalue weighted by molar-refractivity contribution is 4.83. The average molecular weight is 204 g/mol. The van der Waals surface area contributed by atoms with Gasteiger partial charge in [0.25, 0.3) is 5.92 Å². The summed E-state index contributed by atoms with van der Waals surface area (Å²) in [5.74, 6) is -2.43. The first-order valence-corrected chi connectivity index (χ1v) is 5.49. The van der Waals surface area contributed by atoms with Gasteiger partial charge < -0.3 is 5.32 Å². The predicted octanol–water partition coefficient (Wildman–Crippen LogP) is 1.47. The van der Waals surface area contributed by atoms with Crippen molar-refractivity contribution in [2.75, 3.05) is 26.2 Å². The topological polar surface area (TPSA) is 15.3 Å². The number of nitrogens with one attached hydrogen (secondary N) is 1. The molecule has 4 heteroatoms. The van der Waals surface area contributed by atoms with E-state index < -0.39 is 5.92 Å². The molecule has 2 nitrogen and oxygen atoms in total. The molecule has 0 aromatic carbocycles. The molecule has 0 aromatic heterocycles. The van der Waals surface area contributed by atoms with E-state index in [9.17, 15) is 8.78 Å². The van der Waals surface area contributed by atoms with E-state index >= 15 is 0 Å². The Kier molecular flexibility index (Phi) is 3.02. The summed E-state index contributed by atoms with van der Waals surface area (Å²) in [6, 6.07) is 0.573. The van der Waals surface area contributed by atoms with Gasteiger partial charge in [0, 0.05) is 19.0 Å². The van der Waals surface area contributed by atoms with Crippen molar-refractivity contribution in [1.29, 1.82) is 0 Å². The molecule has 0 aromatic rings. The molecule has 1 atom stereocenters. The first kappa shape index (κ1) is 10.3. The van der Waals surface area contributed by atoms with Crippen molar-refractivity contribution < 1.29 is 8.78 Å². The third-order valence-corrected chi connectivity index (χ3v) is 3.20. The van der Waals surface area contributed by atoms with Crippen LogP contribution in [0, 0.1) is 0 Å². The molecule has 2 fully saturated rings. The van der Waals surface area contributed by atoms with Crippen molar-refractivity contribution in [1.82, 2.24) is 10.2 Å². The Balaban J connectivity index is 1.66. The van der Waals surface area contributed by atoms with Crippen LogP contribution in [0.1, 0.15) is 25.7 Å². The van der Waals surface area contributed by atoms with Gasteiger partial charge in [0.05, 0.1) is 6.54 Å². The molecule has 0 spiro atoms. The van der Waals surface area contributed by atoms with E-state index in [0.29, 0.717) is 12.6 Å². The fraction of sp³-hybridized carbons (Fsp3) is 1.00. The maximum absolute atomic E-state index is 12.8. The first-order valence-electron chi connectivity index (χ1n) is 5.49. The highest BCUT2D eigenvalue weighted by Crippen LogP contribution is 2.27. The van der Waals surface area contributed by atoms with E-state index in [0.717, 1.165) is 19.5 Å². The highest BCUT2D eigenvalue weighted by Gasteiger charge is 2.37. The molecule has 0 aliphatic carbocycles. The van der Waals surface area contributed by atoms with Crippen LogP contribution >= 0.6 is 0 Å². The minimum atomic E-state index is -2.43. The average Bonchev–Trinajstić information content (AvgIpc) is 2.70. The van der Waals surface area contributed by atoms with Gasteiger partial charge in [-0.1, -0.05) is 0 Å². The van der Waals surface area contributed by atoms with Crippen molar-refractivity contribution in [3.8, 4) is 0 Å². The second kappa shape index (κ2) is 4.11. The van der Waals surface area contributed by atoms with Crippen LogP contribution in [0.5, 0.6) is 0 Å². The Morgan fingerprint density at radius 1 is 1.43 bits per heavy atom. The molecule has 82 valence electrons. The van der Waals surface area contributed by atoms with Crippen molar-refractivity contribution in [2.24, 2.45) is 0 Å². The Labute approximate surface area is 83.7 Å². The van der Waals surface area contributed by atoms with Gasteiger partial charge in [0.2, 0.25) is 0 Å². The molecule has 0 radical (unpaired) electrons. The summed E-state index contributed by atoms with van der Waals surface area (Å²) in [4.78, 5) is 1.89. The number of nitrogens with zero attached hydrogens (tertiary/aromatic N) is 1. The lowest BCUT2D eigenvalue weighted by molar-refractivity contribution is 0.0120. The number of hydrogen-bond donors (Lipinski definition) is 1. The molecule has 1 unspecified atom stereocenters. The minimum Gasteiger partial charge on any atom is -0.314 e. The van der Waals surface area contributed by atoms with Gasteiger partial charge in [-0.25, -0.2) is 8.78 Å². The zero-order chi connectivity index (χ0) is 10.0. The second-order valence-corrected chi connectivity index (χ2v) is 4.46. The SMILES string of the molecule is FC1(F)CCN(CCC2CCCN2)C1. The van der Waals surface area contributed by atoms with Crippen LogP contribution in [-0.2, 0) is 0 Å². The maximum atomic E-state index is 12.8. The van der Waals surface area contributed by atoms with Gasteiger partial charge in [-0.2, -0.15) is 0 Å². The molecule has 0 amide bonds. The molecular weight excluding hydrogens is 186 g/mol. The summed E-state index contributed by atoms with van der Waals surface area (Å²) in [6.07, 6.45) is 3.52. The number of hydrogen-bond acceptors (Lipinski definition) is 2. The lowest BCUT2D eigenvalue weighted by Crippen LogP contribution is -2.31. The van der Waals surface area contributed by atoms with E-state index in [1.165, 1.54) is 12.8 Å². The Morgan fingerprint density at radius 2 is 2.29 bits per heavy atom. The Bertz CT molecular complexity index is 191. The third kappa shape index (κ3) is 2.64. The number of halogens is 2. The zero-order valence-corrected chi connectivity index (χ0v) is 8.44. The van der Waals surface area contributed by atoms with Crippen LogP contribution in [0.15, 0.2) is 0 Å². The molecule has 0 bridgehead atoms. The summed E-state index contributed by atoms with van der Waals surface area (Å²) >= 11 is 0. The lowest BCUT2D eigenvalue weighted by atomic mass is 10.1. The fourth-order valence-corrected chi connectivity index (χ4v) is 2.34. The van der Waals surface area contributed by atoms with Gasteiger partial charge in [0.1, 0.15) is 0 Å². The molecule has 2 heterocycles. The molecule has 2 aliphatic rings. The van der Waals surface area contributed by atoms with E-state index in [1.54, 1.807) is 0 Å². The van der Waals surface area contributed by atoms with Crippen LogP contribution in [0.25, 0.3) is 0 Å². The highest BCUT2D eigenvalue weighted by atomic mass is 19.3. The summed E-state index contributed by atoms with van der Waals surface area (Å²) in [5.41, 5.74) is 0. The van der Waals surface area contributed by atoms with Gasteiger partial charge in [0.15, 0.2) is 0 Å². The summed E-state index contributed by atoms with van der Waals surface area (Å²) in [5, 5.41) is 3.39. The monoisotopic (exact) mass is 204 g/mol. The van der Waals surface area contributed by atoms with E-state index in [2.05, 4.69) is 5.32 Å². The van der Waals surface area contributed by atoms with Crippen molar-refractivity contribution in [2.45, 2.75) is 37.6 Å². The van der Waals surface area contributed by atoms with Gasteiger partial charge in [-0.3, -0.25) is 4.90 Å².